The molecule has 3 atom stereocenters. The fourth-order valence-electron chi connectivity index (χ4n) is 7.62. The van der Waals surface area contributed by atoms with Gasteiger partial charge in [0.1, 0.15) is 0 Å². The average molecular weight is 583 g/mol. The standard InChI is InChI=1S/C30H42N6O6/c1-19(31-16-37)22-4-10-25(11-5-22)34-28(40)35(26-12-6-23(7-13-26)20(2)32-17-38)30(42)36(29(34)41)27-14-8-24(9-15-27)21(3)33-18-39/h19-27H,4-15H2,1-3H3. The van der Waals surface area contributed by atoms with E-state index in [2.05, 4.69) is 15.0 Å². The van der Waals surface area contributed by atoms with Gasteiger partial charge in [0.15, 0.2) is 0 Å². The summed E-state index contributed by atoms with van der Waals surface area (Å²) in [7, 11) is 0. The van der Waals surface area contributed by atoms with Crippen LogP contribution in [0.1, 0.15) is 116 Å². The van der Waals surface area contributed by atoms with Crippen LogP contribution in [0.25, 0.3) is 0 Å². The second-order valence-electron chi connectivity index (χ2n) is 12.5. The molecule has 0 amide bonds. The highest BCUT2D eigenvalue weighted by atomic mass is 16.2. The molecular formula is C30H42N6O6. The van der Waals surface area contributed by atoms with E-state index in [4.69, 9.17) is 0 Å². The molecule has 0 aromatic carbocycles. The lowest BCUT2D eigenvalue weighted by Crippen LogP contribution is -2.58. The molecule has 1 heterocycles. The Morgan fingerprint density at radius 2 is 0.690 bits per heavy atom. The first-order chi connectivity index (χ1) is 20.2. The number of aliphatic imine (C=N–C) groups is 3. The number of isocyanates is 3. The van der Waals surface area contributed by atoms with Crippen LogP contribution in [-0.4, -0.2) is 50.1 Å². The summed E-state index contributed by atoms with van der Waals surface area (Å²) in [5, 5.41) is 0. The molecule has 3 aliphatic carbocycles. The Morgan fingerprint density at radius 1 is 0.476 bits per heavy atom. The lowest BCUT2D eigenvalue weighted by atomic mass is 9.81. The van der Waals surface area contributed by atoms with Gasteiger partial charge >= 0.3 is 17.1 Å². The molecule has 1 aromatic heterocycles. The van der Waals surface area contributed by atoms with Crippen molar-refractivity contribution in [1.29, 1.82) is 0 Å². The number of hydrogen-bond donors (Lipinski definition) is 0. The Kier molecular flexibility index (Phi) is 10.6. The second kappa shape index (κ2) is 14.1. The van der Waals surface area contributed by atoms with Crippen LogP contribution in [0.2, 0.25) is 0 Å². The number of aromatic nitrogens is 3. The third-order valence-corrected chi connectivity index (χ3v) is 10.4. The summed E-state index contributed by atoms with van der Waals surface area (Å²) in [6.45, 7) is 5.64. The topological polar surface area (TPSA) is 154 Å². The van der Waals surface area contributed by atoms with Crippen LogP contribution >= 0.6 is 0 Å². The van der Waals surface area contributed by atoms with Gasteiger partial charge in [0.05, 0.1) is 18.1 Å². The van der Waals surface area contributed by atoms with E-state index in [1.165, 1.54) is 13.7 Å². The lowest BCUT2D eigenvalue weighted by Gasteiger charge is -2.35. The summed E-state index contributed by atoms with van der Waals surface area (Å²) in [5.74, 6) is 0.511. The van der Waals surface area contributed by atoms with Crippen molar-refractivity contribution in [2.75, 3.05) is 0 Å². The number of nitrogens with zero attached hydrogens (tertiary/aromatic N) is 6. The quantitative estimate of drug-likeness (QED) is 0.320. The van der Waals surface area contributed by atoms with Gasteiger partial charge in [-0.15, -0.1) is 0 Å². The van der Waals surface area contributed by atoms with Crippen LogP contribution in [0.3, 0.4) is 0 Å². The number of rotatable bonds is 9. The molecular weight excluding hydrogens is 540 g/mol. The maximum atomic E-state index is 14.0. The molecule has 3 aliphatic rings. The first-order valence-electron chi connectivity index (χ1n) is 15.4. The maximum Gasteiger partial charge on any atom is 0.336 e. The Bertz CT molecular complexity index is 1220. The fourth-order valence-corrected chi connectivity index (χ4v) is 7.62. The number of carbonyl (C=O) groups excluding carboxylic acids is 3. The van der Waals surface area contributed by atoms with Gasteiger partial charge in [-0.3, -0.25) is 0 Å². The molecule has 0 N–H and O–H groups in total. The van der Waals surface area contributed by atoms with Gasteiger partial charge in [-0.05, 0) is 116 Å². The molecule has 0 saturated heterocycles. The van der Waals surface area contributed by atoms with Crippen LogP contribution in [0.15, 0.2) is 29.4 Å². The Hall–Kier alpha value is -3.45. The van der Waals surface area contributed by atoms with Gasteiger partial charge in [-0.1, -0.05) is 0 Å². The molecule has 228 valence electrons. The monoisotopic (exact) mass is 582 g/mol. The van der Waals surface area contributed by atoms with E-state index in [0.717, 1.165) is 0 Å². The smallest absolute Gasteiger partial charge is 0.247 e. The van der Waals surface area contributed by atoms with Gasteiger partial charge in [0.2, 0.25) is 18.2 Å². The minimum atomic E-state index is -0.547. The van der Waals surface area contributed by atoms with E-state index in [1.807, 2.05) is 20.8 Å². The first kappa shape index (κ1) is 31.5. The van der Waals surface area contributed by atoms with Crippen molar-refractivity contribution in [3.8, 4) is 0 Å². The van der Waals surface area contributed by atoms with Crippen molar-refractivity contribution in [2.45, 2.75) is 134 Å². The minimum absolute atomic E-state index is 0.170. The van der Waals surface area contributed by atoms with E-state index in [0.29, 0.717) is 77.0 Å². The number of hydrogen-bond acceptors (Lipinski definition) is 9. The Balaban J connectivity index is 1.69. The van der Waals surface area contributed by atoms with Gasteiger partial charge in [-0.2, -0.15) is 0 Å². The van der Waals surface area contributed by atoms with E-state index in [-0.39, 0.29) is 54.0 Å². The molecule has 3 unspecified atom stereocenters. The predicted octanol–water partition coefficient (Wildman–Crippen LogP) is 3.54. The third-order valence-electron chi connectivity index (χ3n) is 10.4. The van der Waals surface area contributed by atoms with E-state index < -0.39 is 17.1 Å². The molecule has 3 saturated carbocycles. The highest BCUT2D eigenvalue weighted by Gasteiger charge is 2.35. The largest absolute Gasteiger partial charge is 0.336 e. The molecule has 4 rings (SSSR count). The zero-order valence-electron chi connectivity index (χ0n) is 24.8. The highest BCUT2D eigenvalue weighted by molar-refractivity contribution is 5.34. The molecule has 12 nitrogen and oxygen atoms in total. The van der Waals surface area contributed by atoms with Gasteiger partial charge < -0.3 is 0 Å². The van der Waals surface area contributed by atoms with Crippen molar-refractivity contribution < 1.29 is 14.4 Å². The summed E-state index contributed by atoms with van der Waals surface area (Å²) in [6.07, 6.45) is 12.7. The summed E-state index contributed by atoms with van der Waals surface area (Å²) < 4.78 is 3.96. The molecule has 12 heteroatoms. The summed E-state index contributed by atoms with van der Waals surface area (Å²) in [6, 6.07) is -1.55. The van der Waals surface area contributed by atoms with E-state index in [9.17, 15) is 28.8 Å². The van der Waals surface area contributed by atoms with Gasteiger partial charge in [-0.25, -0.2) is 57.4 Å². The van der Waals surface area contributed by atoms with Crippen LogP contribution in [0.5, 0.6) is 0 Å². The molecule has 42 heavy (non-hydrogen) atoms. The molecule has 0 bridgehead atoms. The molecule has 0 radical (unpaired) electrons. The fraction of sp³-hybridized carbons (Fsp3) is 0.800. The predicted molar refractivity (Wildman–Crippen MR) is 155 cm³/mol. The van der Waals surface area contributed by atoms with E-state index >= 15 is 0 Å². The molecule has 3 fully saturated rings. The van der Waals surface area contributed by atoms with Crippen LogP contribution < -0.4 is 17.1 Å². The molecule has 0 spiro atoms. The zero-order valence-corrected chi connectivity index (χ0v) is 24.8. The van der Waals surface area contributed by atoms with Gasteiger partial charge in [0.25, 0.3) is 0 Å². The SMILES string of the molecule is CC(N=C=O)C1CCC(n2c(=O)n(C3CCC(C(C)N=C=O)CC3)c(=O)n(C3CCC(C(C)N=C=O)CC3)c2=O)CC1. The van der Waals surface area contributed by atoms with Crippen LogP contribution in [0, 0.1) is 17.8 Å². The molecule has 1 aromatic rings. The third kappa shape index (κ3) is 6.62. The van der Waals surface area contributed by atoms with Crippen molar-refractivity contribution in [1.82, 2.24) is 13.7 Å². The minimum Gasteiger partial charge on any atom is -0.247 e. The van der Waals surface area contributed by atoms with Crippen molar-refractivity contribution in [2.24, 2.45) is 32.7 Å². The van der Waals surface area contributed by atoms with Crippen LogP contribution in [0.4, 0.5) is 0 Å². The summed E-state index contributed by atoms with van der Waals surface area (Å²) >= 11 is 0. The highest BCUT2D eigenvalue weighted by Crippen LogP contribution is 2.37. The van der Waals surface area contributed by atoms with Crippen molar-refractivity contribution in [3.63, 3.8) is 0 Å². The average Bonchev–Trinajstić information content (AvgIpc) is 2.98. The normalized spacial score (nSPS) is 30.1. The maximum absolute atomic E-state index is 14.0. The van der Waals surface area contributed by atoms with Gasteiger partial charge in [0, 0.05) is 18.1 Å². The lowest BCUT2D eigenvalue weighted by molar-refractivity contribution is 0.192. The Labute approximate surface area is 244 Å². The summed E-state index contributed by atoms with van der Waals surface area (Å²) in [5.41, 5.74) is -1.64. The van der Waals surface area contributed by atoms with E-state index in [1.54, 1.807) is 18.2 Å². The second-order valence-corrected chi connectivity index (χ2v) is 12.5. The van der Waals surface area contributed by atoms with Crippen molar-refractivity contribution >= 4 is 18.2 Å². The van der Waals surface area contributed by atoms with Crippen LogP contribution in [-0.2, 0) is 14.4 Å². The molecule has 0 aliphatic heterocycles. The first-order valence-corrected chi connectivity index (χ1v) is 15.4. The van der Waals surface area contributed by atoms with Crippen molar-refractivity contribution in [3.05, 3.63) is 31.5 Å². The zero-order chi connectivity index (χ0) is 30.4. The summed E-state index contributed by atoms with van der Waals surface area (Å²) in [4.78, 5) is 85.9. The Morgan fingerprint density at radius 3 is 0.881 bits per heavy atom.